The van der Waals surface area contributed by atoms with E-state index in [0.29, 0.717) is 18.6 Å². The Labute approximate surface area is 158 Å². The Morgan fingerprint density at radius 1 is 1.08 bits per heavy atom. The van der Waals surface area contributed by atoms with Gasteiger partial charge < -0.3 is 4.74 Å². The average Bonchev–Trinajstić information content (AvgIpc) is 3.13. The summed E-state index contributed by atoms with van der Waals surface area (Å²) in [5.74, 6) is 1.62. The van der Waals surface area contributed by atoms with Gasteiger partial charge in [-0.25, -0.2) is 4.68 Å². The molecule has 1 saturated carbocycles. The number of rotatable bonds is 8. The minimum absolute atomic E-state index is 0.301. The largest absolute Gasteiger partial charge is 0.383 e. The van der Waals surface area contributed by atoms with Gasteiger partial charge in [0.05, 0.1) is 19.2 Å². The van der Waals surface area contributed by atoms with Gasteiger partial charge in [0.2, 0.25) is 0 Å². The summed E-state index contributed by atoms with van der Waals surface area (Å²) >= 11 is 0. The van der Waals surface area contributed by atoms with Gasteiger partial charge in [-0.2, -0.15) is 0 Å². The monoisotopic (exact) mass is 364 g/mol. The summed E-state index contributed by atoms with van der Waals surface area (Å²) in [6.45, 7) is 10.5. The summed E-state index contributed by atoms with van der Waals surface area (Å²) in [6, 6.07) is 1.12. The summed E-state index contributed by atoms with van der Waals surface area (Å²) in [7, 11) is 1.72. The van der Waals surface area contributed by atoms with Crippen molar-refractivity contribution in [1.82, 2.24) is 30.0 Å². The zero-order valence-corrected chi connectivity index (χ0v) is 16.8. The van der Waals surface area contributed by atoms with Gasteiger partial charge >= 0.3 is 0 Å². The fourth-order valence-corrected chi connectivity index (χ4v) is 4.51. The van der Waals surface area contributed by atoms with Crippen molar-refractivity contribution in [2.45, 2.75) is 71.0 Å². The van der Waals surface area contributed by atoms with E-state index in [1.807, 2.05) is 4.68 Å². The number of hydrogen-bond donors (Lipinski definition) is 0. The Kier molecular flexibility index (Phi) is 7.40. The van der Waals surface area contributed by atoms with Crippen LogP contribution in [0.2, 0.25) is 0 Å². The summed E-state index contributed by atoms with van der Waals surface area (Å²) in [6.07, 6.45) is 8.13. The molecule has 1 aliphatic carbocycles. The van der Waals surface area contributed by atoms with Gasteiger partial charge in [-0.05, 0) is 35.6 Å². The molecule has 0 aromatic carbocycles. The lowest BCUT2D eigenvalue weighted by Gasteiger charge is -2.43. The Balaban J connectivity index is 1.64. The van der Waals surface area contributed by atoms with E-state index in [1.54, 1.807) is 7.11 Å². The molecular weight excluding hydrogens is 328 g/mol. The van der Waals surface area contributed by atoms with E-state index < -0.39 is 0 Å². The predicted molar refractivity (Wildman–Crippen MR) is 102 cm³/mol. The first kappa shape index (κ1) is 19.7. The third kappa shape index (κ3) is 5.02. The molecule has 7 nitrogen and oxygen atoms in total. The van der Waals surface area contributed by atoms with E-state index in [2.05, 4.69) is 39.2 Å². The SMILES string of the molecule is COCCn1nnnc1[C@@H](CC(C)C)N1CCN(C2CCCCC2)CC1. The minimum atomic E-state index is 0.301. The highest BCUT2D eigenvalue weighted by molar-refractivity contribution is 4.96. The third-order valence-corrected chi connectivity index (χ3v) is 5.94. The molecule has 0 radical (unpaired) electrons. The van der Waals surface area contributed by atoms with Crippen molar-refractivity contribution in [2.75, 3.05) is 39.9 Å². The molecule has 3 rings (SSSR count). The van der Waals surface area contributed by atoms with E-state index >= 15 is 0 Å². The van der Waals surface area contributed by atoms with Crippen LogP contribution >= 0.6 is 0 Å². The Morgan fingerprint density at radius 3 is 2.46 bits per heavy atom. The van der Waals surface area contributed by atoms with Crippen molar-refractivity contribution < 1.29 is 4.74 Å². The molecule has 0 amide bonds. The Bertz CT molecular complexity index is 520. The van der Waals surface area contributed by atoms with Crippen molar-refractivity contribution in [3.8, 4) is 0 Å². The van der Waals surface area contributed by atoms with Crippen LogP contribution in [0.1, 0.15) is 64.2 Å². The van der Waals surface area contributed by atoms with Crippen molar-refractivity contribution >= 4 is 0 Å². The van der Waals surface area contributed by atoms with Crippen LogP contribution < -0.4 is 0 Å². The number of aromatic nitrogens is 4. The maximum absolute atomic E-state index is 5.22. The van der Waals surface area contributed by atoms with Crippen LogP contribution in [0.15, 0.2) is 0 Å². The molecule has 0 spiro atoms. The van der Waals surface area contributed by atoms with Crippen LogP contribution in [0.25, 0.3) is 0 Å². The molecule has 2 heterocycles. The minimum Gasteiger partial charge on any atom is -0.383 e. The van der Waals surface area contributed by atoms with E-state index in [4.69, 9.17) is 4.74 Å². The second-order valence-corrected chi connectivity index (χ2v) is 8.26. The number of methoxy groups -OCH3 is 1. The molecular formula is C19H36N6O. The quantitative estimate of drug-likeness (QED) is 0.706. The second kappa shape index (κ2) is 9.76. The molecule has 0 unspecified atom stereocenters. The van der Waals surface area contributed by atoms with E-state index in [0.717, 1.165) is 37.9 Å². The molecule has 0 bridgehead atoms. The highest BCUT2D eigenvalue weighted by Gasteiger charge is 2.31. The lowest BCUT2D eigenvalue weighted by atomic mass is 9.93. The lowest BCUT2D eigenvalue weighted by molar-refractivity contribution is 0.0462. The molecule has 2 fully saturated rings. The predicted octanol–water partition coefficient (Wildman–Crippen LogP) is 2.36. The first-order chi connectivity index (χ1) is 12.7. The number of piperazine rings is 1. The van der Waals surface area contributed by atoms with Crippen molar-refractivity contribution in [3.63, 3.8) is 0 Å². The maximum atomic E-state index is 5.22. The first-order valence-corrected chi connectivity index (χ1v) is 10.4. The fourth-order valence-electron chi connectivity index (χ4n) is 4.51. The maximum Gasteiger partial charge on any atom is 0.168 e. The average molecular weight is 365 g/mol. The topological polar surface area (TPSA) is 59.3 Å². The van der Waals surface area contributed by atoms with Crippen LogP contribution in [0.5, 0.6) is 0 Å². The Hall–Kier alpha value is -1.05. The zero-order valence-electron chi connectivity index (χ0n) is 16.8. The van der Waals surface area contributed by atoms with Gasteiger partial charge in [-0.1, -0.05) is 33.1 Å². The van der Waals surface area contributed by atoms with E-state index in [1.165, 1.54) is 45.2 Å². The number of tetrazole rings is 1. The third-order valence-electron chi connectivity index (χ3n) is 5.94. The van der Waals surface area contributed by atoms with Gasteiger partial charge in [0, 0.05) is 39.3 Å². The number of nitrogens with zero attached hydrogens (tertiary/aromatic N) is 6. The van der Waals surface area contributed by atoms with Gasteiger partial charge in [0.25, 0.3) is 0 Å². The summed E-state index contributed by atoms with van der Waals surface area (Å²) < 4.78 is 7.16. The summed E-state index contributed by atoms with van der Waals surface area (Å²) in [4.78, 5) is 5.34. The van der Waals surface area contributed by atoms with Gasteiger partial charge in [-0.15, -0.1) is 5.10 Å². The van der Waals surface area contributed by atoms with Crippen molar-refractivity contribution in [1.29, 1.82) is 0 Å². The van der Waals surface area contributed by atoms with Crippen LogP contribution in [0.3, 0.4) is 0 Å². The molecule has 1 atom stereocenters. The highest BCUT2D eigenvalue weighted by atomic mass is 16.5. The number of ether oxygens (including phenoxy) is 1. The van der Waals surface area contributed by atoms with Crippen LogP contribution in [0.4, 0.5) is 0 Å². The molecule has 1 aromatic rings. The second-order valence-electron chi connectivity index (χ2n) is 8.26. The van der Waals surface area contributed by atoms with Crippen molar-refractivity contribution in [3.05, 3.63) is 5.82 Å². The van der Waals surface area contributed by atoms with E-state index in [-0.39, 0.29) is 0 Å². The standard InChI is InChI=1S/C19H36N6O/c1-16(2)15-18(19-20-21-22-25(19)13-14-26-3)24-11-9-23(10-12-24)17-7-5-4-6-8-17/h16-18H,4-15H2,1-3H3/t18-/m1/s1. The molecule has 26 heavy (non-hydrogen) atoms. The smallest absolute Gasteiger partial charge is 0.168 e. The Morgan fingerprint density at radius 2 is 1.81 bits per heavy atom. The first-order valence-electron chi connectivity index (χ1n) is 10.4. The van der Waals surface area contributed by atoms with Crippen molar-refractivity contribution in [2.24, 2.45) is 5.92 Å². The highest BCUT2D eigenvalue weighted by Crippen LogP contribution is 2.29. The van der Waals surface area contributed by atoms with Gasteiger partial charge in [-0.3, -0.25) is 9.80 Å². The molecule has 7 heteroatoms. The molecule has 0 N–H and O–H groups in total. The molecule has 1 saturated heterocycles. The normalized spacial score (nSPS) is 22.2. The van der Waals surface area contributed by atoms with Crippen LogP contribution in [-0.4, -0.2) is 75.9 Å². The fraction of sp³-hybridized carbons (Fsp3) is 0.947. The zero-order chi connectivity index (χ0) is 18.4. The van der Waals surface area contributed by atoms with E-state index in [9.17, 15) is 0 Å². The summed E-state index contributed by atoms with van der Waals surface area (Å²) in [5.41, 5.74) is 0. The number of hydrogen-bond acceptors (Lipinski definition) is 6. The molecule has 1 aromatic heterocycles. The van der Waals surface area contributed by atoms with Gasteiger partial charge in [0.1, 0.15) is 0 Å². The lowest BCUT2D eigenvalue weighted by Crippen LogP contribution is -2.52. The molecule has 2 aliphatic rings. The van der Waals surface area contributed by atoms with Crippen LogP contribution in [0, 0.1) is 5.92 Å². The summed E-state index contributed by atoms with van der Waals surface area (Å²) in [5, 5.41) is 12.6. The van der Waals surface area contributed by atoms with Crippen LogP contribution in [-0.2, 0) is 11.3 Å². The molecule has 148 valence electrons. The molecule has 1 aliphatic heterocycles. The van der Waals surface area contributed by atoms with Gasteiger partial charge in [0.15, 0.2) is 5.82 Å².